The molecule has 0 atom stereocenters. The van der Waals surface area contributed by atoms with E-state index in [0.29, 0.717) is 28.0 Å². The average molecular weight is 571 g/mol. The SMILES string of the molecule is CCOC(=O)Cc1c(C(=O)OCC)c2cc(Oc3ccc(OC(F)(F)F)cc3)ccc2n1-c1ccc(N(C)C)cc1. The van der Waals surface area contributed by atoms with Gasteiger partial charge >= 0.3 is 18.3 Å². The molecule has 0 radical (unpaired) electrons. The molecule has 0 aliphatic carbocycles. The maximum atomic E-state index is 13.3. The first-order valence-corrected chi connectivity index (χ1v) is 12.8. The quantitative estimate of drug-likeness (QED) is 0.197. The number of anilines is 1. The average Bonchev–Trinajstić information content (AvgIpc) is 3.22. The lowest BCUT2D eigenvalue weighted by molar-refractivity contribution is -0.274. The Bertz CT molecular complexity index is 1530. The number of carbonyl (C=O) groups excluding carboxylic acids is 2. The highest BCUT2D eigenvalue weighted by Gasteiger charge is 2.31. The Morgan fingerprint density at radius 3 is 2.02 bits per heavy atom. The summed E-state index contributed by atoms with van der Waals surface area (Å²) in [4.78, 5) is 27.9. The Morgan fingerprint density at radius 2 is 1.44 bits per heavy atom. The second-order valence-electron chi connectivity index (χ2n) is 9.07. The second kappa shape index (κ2) is 12.2. The lowest BCUT2D eigenvalue weighted by Crippen LogP contribution is -2.16. The number of esters is 2. The van der Waals surface area contributed by atoms with Gasteiger partial charge in [0.2, 0.25) is 0 Å². The summed E-state index contributed by atoms with van der Waals surface area (Å²) >= 11 is 0. The van der Waals surface area contributed by atoms with Crippen molar-refractivity contribution in [1.29, 1.82) is 0 Å². The number of hydrogen-bond acceptors (Lipinski definition) is 7. The van der Waals surface area contributed by atoms with E-state index in [2.05, 4.69) is 4.74 Å². The summed E-state index contributed by atoms with van der Waals surface area (Å²) in [6, 6.07) is 17.6. The van der Waals surface area contributed by atoms with E-state index >= 15 is 0 Å². The first-order chi connectivity index (χ1) is 19.5. The molecule has 0 N–H and O–H groups in total. The molecular weight excluding hydrogens is 541 g/mol. The van der Waals surface area contributed by atoms with E-state index in [1.165, 1.54) is 12.1 Å². The number of fused-ring (bicyclic) bond motifs is 1. The molecule has 0 fully saturated rings. The molecule has 0 spiro atoms. The fourth-order valence-corrected chi connectivity index (χ4v) is 4.37. The van der Waals surface area contributed by atoms with Gasteiger partial charge in [0.15, 0.2) is 0 Å². The maximum Gasteiger partial charge on any atom is 0.573 e. The van der Waals surface area contributed by atoms with Crippen LogP contribution in [0.2, 0.25) is 0 Å². The predicted octanol–water partition coefficient (Wildman–Crippen LogP) is 6.67. The molecule has 0 saturated carbocycles. The molecule has 4 aromatic rings. The molecule has 0 unspecified atom stereocenters. The molecule has 0 aliphatic heterocycles. The number of halogens is 3. The van der Waals surface area contributed by atoms with Gasteiger partial charge < -0.3 is 28.4 Å². The van der Waals surface area contributed by atoms with Crippen molar-refractivity contribution in [2.24, 2.45) is 0 Å². The second-order valence-corrected chi connectivity index (χ2v) is 9.07. The van der Waals surface area contributed by atoms with E-state index in [4.69, 9.17) is 14.2 Å². The third-order valence-corrected chi connectivity index (χ3v) is 6.05. The number of hydrogen-bond donors (Lipinski definition) is 0. The minimum absolute atomic E-state index is 0.115. The zero-order valence-electron chi connectivity index (χ0n) is 22.9. The van der Waals surface area contributed by atoms with Gasteiger partial charge in [-0.15, -0.1) is 13.2 Å². The van der Waals surface area contributed by atoms with Gasteiger partial charge in [0, 0.05) is 36.6 Å². The van der Waals surface area contributed by atoms with E-state index in [-0.39, 0.29) is 36.7 Å². The predicted molar refractivity (Wildman–Crippen MR) is 147 cm³/mol. The number of rotatable bonds is 10. The summed E-state index contributed by atoms with van der Waals surface area (Å²) in [6.45, 7) is 3.68. The molecule has 11 heteroatoms. The molecule has 0 saturated heterocycles. The Morgan fingerprint density at radius 1 is 0.829 bits per heavy atom. The van der Waals surface area contributed by atoms with Crippen LogP contribution in [0.3, 0.4) is 0 Å². The molecule has 3 aromatic carbocycles. The van der Waals surface area contributed by atoms with Crippen LogP contribution in [0, 0.1) is 0 Å². The van der Waals surface area contributed by atoms with Crippen LogP contribution < -0.4 is 14.4 Å². The van der Waals surface area contributed by atoms with Crippen molar-refractivity contribution in [3.05, 3.63) is 78.0 Å². The van der Waals surface area contributed by atoms with Crippen molar-refractivity contribution in [3.63, 3.8) is 0 Å². The normalized spacial score (nSPS) is 11.3. The lowest BCUT2D eigenvalue weighted by atomic mass is 10.1. The summed E-state index contributed by atoms with van der Waals surface area (Å²) in [6.07, 6.45) is -5.00. The van der Waals surface area contributed by atoms with Crippen LogP contribution in [0.5, 0.6) is 17.2 Å². The number of aromatic nitrogens is 1. The minimum atomic E-state index is -4.81. The smallest absolute Gasteiger partial charge is 0.466 e. The zero-order chi connectivity index (χ0) is 29.7. The van der Waals surface area contributed by atoms with Crippen molar-refractivity contribution < 1.29 is 41.7 Å². The number of alkyl halides is 3. The Balaban J connectivity index is 1.84. The van der Waals surface area contributed by atoms with Crippen molar-refractivity contribution in [2.45, 2.75) is 26.6 Å². The van der Waals surface area contributed by atoms with Crippen LogP contribution in [0.1, 0.15) is 29.9 Å². The lowest BCUT2D eigenvalue weighted by Gasteiger charge is -2.15. The summed E-state index contributed by atoms with van der Waals surface area (Å²) < 4.78 is 59.7. The highest BCUT2D eigenvalue weighted by Crippen LogP contribution is 2.36. The highest BCUT2D eigenvalue weighted by atomic mass is 19.4. The van der Waals surface area contributed by atoms with Gasteiger partial charge in [-0.05, 0) is 80.6 Å². The van der Waals surface area contributed by atoms with Crippen LogP contribution >= 0.6 is 0 Å². The van der Waals surface area contributed by atoms with Gasteiger partial charge in [-0.1, -0.05) is 0 Å². The fraction of sp³-hybridized carbons (Fsp3) is 0.267. The molecule has 0 amide bonds. The van der Waals surface area contributed by atoms with Gasteiger partial charge in [0.25, 0.3) is 0 Å². The highest BCUT2D eigenvalue weighted by molar-refractivity contribution is 6.07. The van der Waals surface area contributed by atoms with Crippen molar-refractivity contribution in [3.8, 4) is 22.9 Å². The monoisotopic (exact) mass is 570 g/mol. The van der Waals surface area contributed by atoms with Crippen molar-refractivity contribution >= 4 is 28.5 Å². The summed E-state index contributed by atoms with van der Waals surface area (Å²) in [5, 5.41) is 0.467. The zero-order valence-corrected chi connectivity index (χ0v) is 22.9. The van der Waals surface area contributed by atoms with E-state index in [9.17, 15) is 22.8 Å². The first kappa shape index (κ1) is 29.3. The molecular formula is C30H29F3N2O6. The summed E-state index contributed by atoms with van der Waals surface area (Å²) in [5.41, 5.74) is 2.87. The van der Waals surface area contributed by atoms with Gasteiger partial charge in [-0.25, -0.2) is 4.79 Å². The van der Waals surface area contributed by atoms with Gasteiger partial charge in [-0.3, -0.25) is 4.79 Å². The standard InChI is InChI=1S/C30H29F3N2O6/c1-5-38-27(36)18-26-28(29(37)39-6-2)24-17-23(40-21-11-13-22(14-12-21)41-30(31,32)33)15-16-25(24)35(26)20-9-7-19(8-10-20)34(3)4/h7-17H,5-6,18H2,1-4H3. The van der Waals surface area contributed by atoms with Crippen molar-refractivity contribution in [2.75, 3.05) is 32.2 Å². The molecule has 4 rings (SSSR count). The molecule has 0 bridgehead atoms. The Labute approximate surface area is 234 Å². The number of ether oxygens (including phenoxy) is 4. The third kappa shape index (κ3) is 6.92. The molecule has 1 heterocycles. The Hall–Kier alpha value is -4.67. The molecule has 216 valence electrons. The number of carbonyl (C=O) groups is 2. The van der Waals surface area contributed by atoms with Gasteiger partial charge in [0.1, 0.15) is 17.2 Å². The fourth-order valence-electron chi connectivity index (χ4n) is 4.37. The molecule has 8 nitrogen and oxygen atoms in total. The largest absolute Gasteiger partial charge is 0.573 e. The number of nitrogens with zero attached hydrogens (tertiary/aromatic N) is 2. The van der Waals surface area contributed by atoms with E-state index in [1.807, 2.05) is 47.8 Å². The third-order valence-electron chi connectivity index (χ3n) is 6.05. The van der Waals surface area contributed by atoms with E-state index in [0.717, 1.165) is 17.8 Å². The van der Waals surface area contributed by atoms with E-state index in [1.54, 1.807) is 32.0 Å². The maximum absolute atomic E-state index is 13.3. The van der Waals surface area contributed by atoms with Crippen LogP contribution in [0.15, 0.2) is 66.7 Å². The summed E-state index contributed by atoms with van der Waals surface area (Å²) in [5.74, 6) is -0.945. The number of benzene rings is 3. The van der Waals surface area contributed by atoms with Crippen LogP contribution in [-0.4, -0.2) is 50.2 Å². The van der Waals surface area contributed by atoms with Crippen LogP contribution in [0.4, 0.5) is 18.9 Å². The Kier molecular flexibility index (Phi) is 8.75. The molecule has 1 aromatic heterocycles. The van der Waals surface area contributed by atoms with Gasteiger partial charge in [0.05, 0.1) is 30.7 Å². The van der Waals surface area contributed by atoms with Crippen LogP contribution in [0.25, 0.3) is 16.6 Å². The van der Waals surface area contributed by atoms with Crippen molar-refractivity contribution in [1.82, 2.24) is 4.57 Å². The van der Waals surface area contributed by atoms with Gasteiger partial charge in [-0.2, -0.15) is 0 Å². The minimum Gasteiger partial charge on any atom is -0.466 e. The summed E-state index contributed by atoms with van der Waals surface area (Å²) in [7, 11) is 3.84. The topological polar surface area (TPSA) is 79.2 Å². The molecule has 41 heavy (non-hydrogen) atoms. The molecule has 0 aliphatic rings. The van der Waals surface area contributed by atoms with E-state index < -0.39 is 18.3 Å². The first-order valence-electron chi connectivity index (χ1n) is 12.8. The van der Waals surface area contributed by atoms with Crippen LogP contribution in [-0.2, 0) is 20.7 Å².